The number of nitrogens with zero attached hydrogens (tertiary/aromatic N) is 5. The zero-order valence-corrected chi connectivity index (χ0v) is 31.8. The predicted octanol–water partition coefficient (Wildman–Crippen LogP) is 3.86. The van der Waals surface area contributed by atoms with Crippen LogP contribution in [-0.4, -0.2) is 107 Å². The summed E-state index contributed by atoms with van der Waals surface area (Å²) in [6.45, 7) is 3.42. The lowest BCUT2D eigenvalue weighted by Crippen LogP contribution is -2.57. The Balaban J connectivity index is 1.38. The van der Waals surface area contributed by atoms with Gasteiger partial charge in [0, 0.05) is 25.6 Å². The summed E-state index contributed by atoms with van der Waals surface area (Å²) in [6, 6.07) is 12.5. The van der Waals surface area contributed by atoms with E-state index >= 15 is 0 Å². The number of thiazole rings is 1. The van der Waals surface area contributed by atoms with Gasteiger partial charge in [-0.25, -0.2) is 18.2 Å². The first-order chi connectivity index (χ1) is 25.4. The summed E-state index contributed by atoms with van der Waals surface area (Å²) in [6.07, 6.45) is 3.75. The van der Waals surface area contributed by atoms with Crippen LogP contribution in [0.4, 0.5) is 4.79 Å². The number of carbonyl (C=O) groups is 3. The Morgan fingerprint density at radius 2 is 1.83 bits per heavy atom. The Morgan fingerprint density at radius 1 is 1.13 bits per heavy atom. The van der Waals surface area contributed by atoms with E-state index in [1.807, 2.05) is 30.3 Å². The molecule has 286 valence electrons. The van der Waals surface area contributed by atoms with E-state index in [1.165, 1.54) is 51.0 Å². The highest BCUT2D eigenvalue weighted by molar-refractivity contribution is 7.89. The molecule has 53 heavy (non-hydrogen) atoms. The van der Waals surface area contributed by atoms with Crippen molar-refractivity contribution < 1.29 is 37.9 Å². The second-order valence-electron chi connectivity index (χ2n) is 13.9. The molecule has 1 saturated heterocycles. The van der Waals surface area contributed by atoms with Crippen LogP contribution in [0.5, 0.6) is 0 Å². The van der Waals surface area contributed by atoms with Gasteiger partial charge in [0.15, 0.2) is 0 Å². The third kappa shape index (κ3) is 10.1. The van der Waals surface area contributed by atoms with Crippen molar-refractivity contribution in [2.45, 2.75) is 82.2 Å². The number of imide groups is 1. The number of urea groups is 1. The number of carbonyl (C=O) groups excluding carboxylic acids is 3. The molecule has 16 heteroatoms. The molecule has 2 fully saturated rings. The minimum Gasteiger partial charge on any atom is -0.411 e. The van der Waals surface area contributed by atoms with Crippen LogP contribution in [0.3, 0.4) is 0 Å². The van der Waals surface area contributed by atoms with E-state index in [4.69, 9.17) is 9.94 Å². The van der Waals surface area contributed by atoms with Crippen molar-refractivity contribution >= 4 is 45.4 Å². The molecule has 1 aliphatic carbocycles. The number of aromatic nitrogens is 1. The summed E-state index contributed by atoms with van der Waals surface area (Å²) in [5, 5.41) is 29.2. The maximum Gasteiger partial charge on any atom is 0.328 e. The molecule has 2 aromatic carbocycles. The third-order valence-corrected chi connectivity index (χ3v) is 12.4. The van der Waals surface area contributed by atoms with Gasteiger partial charge in [0.05, 0.1) is 42.1 Å². The lowest BCUT2D eigenvalue weighted by Gasteiger charge is -2.34. The average molecular weight is 769 g/mol. The van der Waals surface area contributed by atoms with E-state index in [9.17, 15) is 27.9 Å². The molecule has 0 bridgehead atoms. The van der Waals surface area contributed by atoms with E-state index in [1.54, 1.807) is 26.3 Å². The van der Waals surface area contributed by atoms with E-state index in [0.717, 1.165) is 36.1 Å². The maximum absolute atomic E-state index is 14.2. The van der Waals surface area contributed by atoms with Crippen LogP contribution in [0.15, 0.2) is 70.0 Å². The Bertz CT molecular complexity index is 1830. The van der Waals surface area contributed by atoms with E-state index < -0.39 is 52.0 Å². The molecule has 4 amide bonds. The van der Waals surface area contributed by atoms with Crippen LogP contribution in [0, 0.1) is 11.8 Å². The smallest absolute Gasteiger partial charge is 0.328 e. The minimum atomic E-state index is -4.09. The number of benzene rings is 2. The molecule has 0 radical (unpaired) electrons. The number of nitrogens with one attached hydrogen (secondary N) is 1. The van der Waals surface area contributed by atoms with Gasteiger partial charge in [-0.2, -0.15) is 4.31 Å². The van der Waals surface area contributed by atoms with Crippen molar-refractivity contribution in [3.05, 3.63) is 81.8 Å². The fourth-order valence-electron chi connectivity index (χ4n) is 6.96. The summed E-state index contributed by atoms with van der Waals surface area (Å²) < 4.78 is 34.7. The third-order valence-electron chi connectivity index (χ3n) is 9.65. The molecule has 2 heterocycles. The summed E-state index contributed by atoms with van der Waals surface area (Å²) in [4.78, 5) is 47.8. The number of amides is 4. The van der Waals surface area contributed by atoms with Crippen LogP contribution < -0.4 is 5.32 Å². The first kappa shape index (κ1) is 40.0. The summed E-state index contributed by atoms with van der Waals surface area (Å²) in [5.41, 5.74) is 1.85. The lowest BCUT2D eigenvalue weighted by molar-refractivity contribution is -0.129. The number of ether oxygens (including phenoxy) is 1. The summed E-state index contributed by atoms with van der Waals surface area (Å²) in [7, 11) is -2.54. The largest absolute Gasteiger partial charge is 0.411 e. The summed E-state index contributed by atoms with van der Waals surface area (Å²) >= 11 is 1.36. The average Bonchev–Trinajstić information content (AvgIpc) is 3.87. The number of hydrogen-bond acceptors (Lipinski definition) is 11. The van der Waals surface area contributed by atoms with Crippen molar-refractivity contribution in [1.29, 1.82) is 0 Å². The van der Waals surface area contributed by atoms with Crippen LogP contribution in [-0.2, 0) is 43.9 Å². The molecule has 2 aliphatic rings. The predicted molar refractivity (Wildman–Crippen MR) is 199 cm³/mol. The quantitative estimate of drug-likeness (QED) is 0.0750. The molecule has 3 N–H and O–H groups in total. The van der Waals surface area contributed by atoms with E-state index in [2.05, 4.69) is 15.5 Å². The number of aliphatic hydroxyl groups is 1. The van der Waals surface area contributed by atoms with Gasteiger partial charge >= 0.3 is 6.03 Å². The van der Waals surface area contributed by atoms with Crippen LogP contribution >= 0.6 is 11.3 Å². The van der Waals surface area contributed by atoms with Crippen LogP contribution in [0.25, 0.3) is 0 Å². The Morgan fingerprint density at radius 3 is 2.47 bits per heavy atom. The number of hydrogen-bond donors (Lipinski definition) is 3. The van der Waals surface area contributed by atoms with E-state index in [-0.39, 0.29) is 43.4 Å². The Hall–Kier alpha value is -4.22. The van der Waals surface area contributed by atoms with Gasteiger partial charge in [-0.05, 0) is 54.4 Å². The molecule has 5 rings (SSSR count). The molecular formula is C37H48N6O8S2. The topological polar surface area (TPSA) is 182 Å². The molecule has 1 aliphatic heterocycles. The second-order valence-corrected chi connectivity index (χ2v) is 16.8. The molecule has 3 atom stereocenters. The van der Waals surface area contributed by atoms with Crippen LogP contribution in [0.1, 0.15) is 61.4 Å². The SMILES string of the molecule is COCc1nc(CN2C(=O)CN([C@@H](C(=O)N[C@@H](Cc3ccccc3)C(O)CN(CC3CCCC3)S(=O)(=O)c3ccc(/C=N/O)cc3)C(C)C)C2=O)cs1. The van der Waals surface area contributed by atoms with Crippen molar-refractivity contribution in [1.82, 2.24) is 24.4 Å². The van der Waals surface area contributed by atoms with Crippen molar-refractivity contribution in [3.8, 4) is 0 Å². The van der Waals surface area contributed by atoms with Crippen molar-refractivity contribution in [3.63, 3.8) is 0 Å². The molecule has 1 saturated carbocycles. The van der Waals surface area contributed by atoms with Gasteiger partial charge in [-0.3, -0.25) is 14.5 Å². The fourth-order valence-corrected chi connectivity index (χ4v) is 9.25. The lowest BCUT2D eigenvalue weighted by atomic mass is 9.97. The van der Waals surface area contributed by atoms with Gasteiger partial charge in [0.25, 0.3) is 5.91 Å². The zero-order valence-electron chi connectivity index (χ0n) is 30.2. The Labute approximate surface area is 314 Å². The fraction of sp³-hybridized carbons (Fsp3) is 0.486. The first-order valence-electron chi connectivity index (χ1n) is 17.7. The number of sulfonamides is 1. The highest BCUT2D eigenvalue weighted by atomic mass is 32.2. The van der Waals surface area contributed by atoms with Gasteiger partial charge in [-0.1, -0.05) is 74.3 Å². The Kier molecular flexibility index (Phi) is 13.7. The molecule has 1 unspecified atom stereocenters. The highest BCUT2D eigenvalue weighted by Gasteiger charge is 2.44. The molecule has 0 spiro atoms. The number of oxime groups is 1. The van der Waals surface area contributed by atoms with Crippen molar-refractivity contribution in [2.24, 2.45) is 17.0 Å². The van der Waals surface area contributed by atoms with Gasteiger partial charge < -0.3 is 25.3 Å². The second kappa shape index (κ2) is 18.2. The molecule has 14 nitrogen and oxygen atoms in total. The normalized spacial score (nSPS) is 17.4. The zero-order chi connectivity index (χ0) is 38.1. The molecule has 1 aromatic heterocycles. The van der Waals surface area contributed by atoms with Crippen LogP contribution in [0.2, 0.25) is 0 Å². The minimum absolute atomic E-state index is 0.0237. The first-order valence-corrected chi connectivity index (χ1v) is 20.1. The number of methoxy groups -OCH3 is 1. The van der Waals surface area contributed by atoms with Gasteiger partial charge in [0.1, 0.15) is 17.6 Å². The van der Waals surface area contributed by atoms with Gasteiger partial charge in [-0.15, -0.1) is 11.3 Å². The number of rotatable bonds is 18. The van der Waals surface area contributed by atoms with Crippen molar-refractivity contribution in [2.75, 3.05) is 26.7 Å². The monoisotopic (exact) mass is 768 g/mol. The summed E-state index contributed by atoms with van der Waals surface area (Å²) in [5.74, 6) is -1.32. The number of aliphatic hydroxyl groups excluding tert-OH is 1. The van der Waals surface area contributed by atoms with E-state index in [0.29, 0.717) is 22.9 Å². The molecule has 3 aromatic rings. The van der Waals surface area contributed by atoms with Gasteiger partial charge in [0.2, 0.25) is 15.9 Å². The highest BCUT2D eigenvalue weighted by Crippen LogP contribution is 2.29. The molecular weight excluding hydrogens is 721 g/mol. The maximum atomic E-state index is 14.2. The standard InChI is InChI=1S/C37H48N6O8S2/c1-25(2)35(43-22-34(45)42(37(43)47)20-29-24-52-33(39-29)23-51-3)36(46)40-31(17-26-9-5-4-6-10-26)32(44)21-41(19-28-11-7-8-12-28)53(49,50)30-15-13-27(14-16-30)18-38-48/h4-6,9-10,13-16,18,24-25,28,31-32,35,44,48H,7-8,11-12,17,19-23H2,1-3H3,(H,40,46)/b38-18+/t31-,32?,35+/m0/s1.